The summed E-state index contributed by atoms with van der Waals surface area (Å²) in [6.45, 7) is 1.41. The first-order chi connectivity index (χ1) is 7.58. The van der Waals surface area contributed by atoms with Crippen molar-refractivity contribution in [2.24, 2.45) is 0 Å². The Hall–Kier alpha value is -2.04. The van der Waals surface area contributed by atoms with E-state index < -0.39 is 0 Å². The number of methoxy groups -OCH3 is 1. The number of carbonyl (C=O) groups is 2. The Morgan fingerprint density at radius 1 is 1.31 bits per heavy atom. The van der Waals surface area contributed by atoms with Crippen LogP contribution >= 0.6 is 0 Å². The van der Waals surface area contributed by atoms with Crippen LogP contribution in [0, 0.1) is 0 Å². The van der Waals surface area contributed by atoms with Crippen molar-refractivity contribution in [3.05, 3.63) is 23.8 Å². The van der Waals surface area contributed by atoms with E-state index in [0.717, 1.165) is 0 Å². The molecule has 0 saturated heterocycles. The van der Waals surface area contributed by atoms with E-state index >= 15 is 0 Å². The Bertz CT molecular complexity index is 416. The summed E-state index contributed by atoms with van der Waals surface area (Å²) in [4.78, 5) is 22.3. The zero-order chi connectivity index (χ0) is 12.1. The van der Waals surface area contributed by atoms with Gasteiger partial charge in [-0.1, -0.05) is 0 Å². The van der Waals surface area contributed by atoms with Crippen LogP contribution in [0.4, 0.5) is 5.69 Å². The maximum Gasteiger partial charge on any atom is 0.251 e. The molecule has 16 heavy (non-hydrogen) atoms. The molecule has 0 fully saturated rings. The van der Waals surface area contributed by atoms with E-state index in [9.17, 15) is 9.59 Å². The van der Waals surface area contributed by atoms with Crippen LogP contribution in [0.15, 0.2) is 18.2 Å². The molecule has 2 amide bonds. The third kappa shape index (κ3) is 2.73. The number of hydrogen-bond donors (Lipinski definition) is 2. The molecule has 0 bridgehead atoms. The Labute approximate surface area is 93.8 Å². The predicted molar refractivity (Wildman–Crippen MR) is 60.7 cm³/mol. The summed E-state index contributed by atoms with van der Waals surface area (Å²) in [5.41, 5.74) is 1.02. The van der Waals surface area contributed by atoms with Gasteiger partial charge in [0.1, 0.15) is 5.75 Å². The maximum absolute atomic E-state index is 11.4. The van der Waals surface area contributed by atoms with Crippen molar-refractivity contribution in [1.82, 2.24) is 5.32 Å². The zero-order valence-corrected chi connectivity index (χ0v) is 9.46. The summed E-state index contributed by atoms with van der Waals surface area (Å²) in [6, 6.07) is 4.82. The molecule has 1 rings (SSSR count). The topological polar surface area (TPSA) is 67.4 Å². The minimum Gasteiger partial charge on any atom is -0.495 e. The standard InChI is InChI=1S/C11H14N2O3/c1-7(14)13-9-5-4-8(11(15)12-2)6-10(9)16-3/h4-6H,1-3H3,(H,12,15)(H,13,14). The largest absolute Gasteiger partial charge is 0.495 e. The molecule has 0 radical (unpaired) electrons. The number of hydrogen-bond acceptors (Lipinski definition) is 3. The highest BCUT2D eigenvalue weighted by atomic mass is 16.5. The summed E-state index contributed by atoms with van der Waals surface area (Å²) in [6.07, 6.45) is 0. The lowest BCUT2D eigenvalue weighted by atomic mass is 10.1. The Kier molecular flexibility index (Phi) is 3.88. The summed E-state index contributed by atoms with van der Waals surface area (Å²) < 4.78 is 5.09. The van der Waals surface area contributed by atoms with Gasteiger partial charge in [-0.3, -0.25) is 9.59 Å². The lowest BCUT2D eigenvalue weighted by Crippen LogP contribution is -2.18. The summed E-state index contributed by atoms with van der Waals surface area (Å²) >= 11 is 0. The number of carbonyl (C=O) groups excluding carboxylic acids is 2. The second kappa shape index (κ2) is 5.16. The number of anilines is 1. The lowest BCUT2D eigenvalue weighted by Gasteiger charge is -2.10. The summed E-state index contributed by atoms with van der Waals surface area (Å²) in [5.74, 6) is 0.0648. The molecule has 0 heterocycles. The normalized spacial score (nSPS) is 9.44. The highest BCUT2D eigenvalue weighted by Gasteiger charge is 2.09. The van der Waals surface area contributed by atoms with Gasteiger partial charge in [0.2, 0.25) is 5.91 Å². The van der Waals surface area contributed by atoms with Crippen LogP contribution in [0.5, 0.6) is 5.75 Å². The average Bonchev–Trinajstić information content (AvgIpc) is 2.27. The van der Waals surface area contributed by atoms with E-state index in [1.165, 1.54) is 14.0 Å². The molecule has 0 unspecified atom stereocenters. The molecule has 0 aliphatic carbocycles. The van der Waals surface area contributed by atoms with E-state index in [2.05, 4.69) is 10.6 Å². The van der Waals surface area contributed by atoms with Crippen LogP contribution in [0.25, 0.3) is 0 Å². The zero-order valence-electron chi connectivity index (χ0n) is 9.46. The first kappa shape index (κ1) is 12.0. The molecule has 0 aliphatic heterocycles. The van der Waals surface area contributed by atoms with Crippen molar-refractivity contribution in [2.45, 2.75) is 6.92 Å². The fourth-order valence-electron chi connectivity index (χ4n) is 1.27. The minimum atomic E-state index is -0.201. The number of rotatable bonds is 3. The first-order valence-electron chi connectivity index (χ1n) is 4.76. The second-order valence-corrected chi connectivity index (χ2v) is 3.18. The lowest BCUT2D eigenvalue weighted by molar-refractivity contribution is -0.114. The van der Waals surface area contributed by atoms with Crippen molar-refractivity contribution >= 4 is 17.5 Å². The van der Waals surface area contributed by atoms with Gasteiger partial charge in [0.05, 0.1) is 12.8 Å². The molecule has 0 aromatic heterocycles. The van der Waals surface area contributed by atoms with Crippen molar-refractivity contribution in [2.75, 3.05) is 19.5 Å². The first-order valence-corrected chi connectivity index (χ1v) is 4.76. The molecule has 1 aromatic rings. The van der Waals surface area contributed by atoms with Gasteiger partial charge < -0.3 is 15.4 Å². The molecule has 86 valence electrons. The van der Waals surface area contributed by atoms with Gasteiger partial charge in [-0.05, 0) is 18.2 Å². The van der Waals surface area contributed by atoms with Gasteiger partial charge in [-0.2, -0.15) is 0 Å². The molecule has 5 heteroatoms. The van der Waals surface area contributed by atoms with Crippen LogP contribution in [0.1, 0.15) is 17.3 Å². The van der Waals surface area contributed by atoms with E-state index in [1.54, 1.807) is 25.2 Å². The van der Waals surface area contributed by atoms with Gasteiger partial charge in [-0.25, -0.2) is 0 Å². The van der Waals surface area contributed by atoms with Crippen molar-refractivity contribution < 1.29 is 14.3 Å². The van der Waals surface area contributed by atoms with Crippen LogP contribution in [-0.2, 0) is 4.79 Å². The minimum absolute atomic E-state index is 0.189. The van der Waals surface area contributed by atoms with Gasteiger partial charge in [0.15, 0.2) is 0 Å². The van der Waals surface area contributed by atoms with Crippen LogP contribution in [0.3, 0.4) is 0 Å². The third-order valence-electron chi connectivity index (χ3n) is 2.00. The molecule has 0 atom stereocenters. The molecular weight excluding hydrogens is 208 g/mol. The van der Waals surface area contributed by atoms with E-state index in [0.29, 0.717) is 17.0 Å². The number of nitrogens with one attached hydrogen (secondary N) is 2. The molecule has 0 aliphatic rings. The number of benzene rings is 1. The van der Waals surface area contributed by atoms with Gasteiger partial charge in [-0.15, -0.1) is 0 Å². The van der Waals surface area contributed by atoms with E-state index in [1.807, 2.05) is 0 Å². The average molecular weight is 222 g/mol. The van der Waals surface area contributed by atoms with E-state index in [-0.39, 0.29) is 11.8 Å². The maximum atomic E-state index is 11.4. The number of amides is 2. The van der Waals surface area contributed by atoms with Crippen LogP contribution in [-0.4, -0.2) is 26.0 Å². The monoisotopic (exact) mass is 222 g/mol. The van der Waals surface area contributed by atoms with E-state index in [4.69, 9.17) is 4.74 Å². The molecule has 0 spiro atoms. The Balaban J connectivity index is 3.06. The van der Waals surface area contributed by atoms with Crippen molar-refractivity contribution in [1.29, 1.82) is 0 Å². The van der Waals surface area contributed by atoms with Gasteiger partial charge in [0, 0.05) is 19.5 Å². The molecule has 2 N–H and O–H groups in total. The highest BCUT2D eigenvalue weighted by Crippen LogP contribution is 2.25. The summed E-state index contributed by atoms with van der Waals surface area (Å²) in [5, 5.41) is 5.12. The molecular formula is C11H14N2O3. The Morgan fingerprint density at radius 2 is 2.00 bits per heavy atom. The molecule has 0 saturated carbocycles. The van der Waals surface area contributed by atoms with Gasteiger partial charge in [0.25, 0.3) is 5.91 Å². The van der Waals surface area contributed by atoms with Crippen LogP contribution < -0.4 is 15.4 Å². The van der Waals surface area contributed by atoms with Crippen LogP contribution in [0.2, 0.25) is 0 Å². The number of ether oxygens (including phenoxy) is 1. The Morgan fingerprint density at radius 3 is 2.50 bits per heavy atom. The fraction of sp³-hybridized carbons (Fsp3) is 0.273. The predicted octanol–water partition coefficient (Wildman–Crippen LogP) is 1.01. The third-order valence-corrected chi connectivity index (χ3v) is 2.00. The quantitative estimate of drug-likeness (QED) is 0.802. The SMILES string of the molecule is CNC(=O)c1ccc(NC(C)=O)c(OC)c1. The molecule has 1 aromatic carbocycles. The highest BCUT2D eigenvalue weighted by molar-refractivity contribution is 5.96. The smallest absolute Gasteiger partial charge is 0.251 e. The van der Waals surface area contributed by atoms with Crippen molar-refractivity contribution in [3.63, 3.8) is 0 Å². The van der Waals surface area contributed by atoms with Gasteiger partial charge >= 0.3 is 0 Å². The summed E-state index contributed by atoms with van der Waals surface area (Å²) in [7, 11) is 3.03. The second-order valence-electron chi connectivity index (χ2n) is 3.18. The van der Waals surface area contributed by atoms with Crippen molar-refractivity contribution in [3.8, 4) is 5.75 Å². The molecule has 5 nitrogen and oxygen atoms in total. The fourth-order valence-corrected chi connectivity index (χ4v) is 1.27.